The lowest BCUT2D eigenvalue weighted by atomic mass is 10.2. The molecule has 1 aromatic heterocycles. The first kappa shape index (κ1) is 11.2. The third-order valence-corrected chi connectivity index (χ3v) is 2.20. The summed E-state index contributed by atoms with van der Waals surface area (Å²) in [4.78, 5) is 2.02. The van der Waals surface area contributed by atoms with E-state index in [0.29, 0.717) is 13.1 Å². The zero-order valence-electron chi connectivity index (χ0n) is 8.73. The van der Waals surface area contributed by atoms with Crippen LogP contribution in [0.2, 0.25) is 0 Å². The maximum atomic E-state index is 9.34. The maximum absolute atomic E-state index is 9.34. The summed E-state index contributed by atoms with van der Waals surface area (Å²) < 4.78 is 5.18. The Morgan fingerprint density at radius 1 is 1.64 bits per heavy atom. The molecule has 0 aromatic carbocycles. The number of rotatable bonds is 5. The van der Waals surface area contributed by atoms with Gasteiger partial charge in [-0.2, -0.15) is 0 Å². The molecule has 0 bridgehead atoms. The van der Waals surface area contributed by atoms with Crippen LogP contribution in [-0.4, -0.2) is 36.2 Å². The Morgan fingerprint density at radius 3 is 2.86 bits per heavy atom. The molecule has 0 aliphatic rings. The second-order valence-electron chi connectivity index (χ2n) is 3.59. The summed E-state index contributed by atoms with van der Waals surface area (Å²) in [5.41, 5.74) is 6.48. The Hall–Kier alpha value is -0.840. The molecular formula is C10H18N2O2. The normalized spacial score (nSPS) is 13.5. The minimum atomic E-state index is -0.452. The predicted octanol–water partition coefficient (Wildman–Crippen LogP) is 0.339. The highest BCUT2D eigenvalue weighted by Gasteiger charge is 2.08. The molecule has 4 heteroatoms. The zero-order chi connectivity index (χ0) is 10.6. The lowest BCUT2D eigenvalue weighted by Crippen LogP contribution is -2.33. The fourth-order valence-corrected chi connectivity index (χ4v) is 1.36. The highest BCUT2D eigenvalue weighted by atomic mass is 16.3. The number of hydrogen-bond donors (Lipinski definition) is 2. The van der Waals surface area contributed by atoms with E-state index in [0.717, 1.165) is 17.9 Å². The molecule has 14 heavy (non-hydrogen) atoms. The van der Waals surface area contributed by atoms with Gasteiger partial charge < -0.3 is 15.3 Å². The number of hydrogen-bond acceptors (Lipinski definition) is 4. The first-order valence-electron chi connectivity index (χ1n) is 4.73. The van der Waals surface area contributed by atoms with E-state index in [1.807, 2.05) is 24.9 Å². The summed E-state index contributed by atoms with van der Waals surface area (Å²) in [5, 5.41) is 9.34. The number of aryl methyl sites for hydroxylation is 1. The molecule has 0 amide bonds. The van der Waals surface area contributed by atoms with E-state index in [1.165, 1.54) is 0 Å². The average molecular weight is 198 g/mol. The first-order valence-corrected chi connectivity index (χ1v) is 4.73. The van der Waals surface area contributed by atoms with Crippen molar-refractivity contribution in [3.8, 4) is 0 Å². The molecule has 0 saturated heterocycles. The van der Waals surface area contributed by atoms with Crippen LogP contribution in [0.25, 0.3) is 0 Å². The minimum Gasteiger partial charge on any atom is -0.469 e. The molecule has 1 unspecified atom stereocenters. The van der Waals surface area contributed by atoms with Crippen molar-refractivity contribution in [2.75, 3.05) is 20.1 Å². The molecule has 1 aromatic rings. The van der Waals surface area contributed by atoms with Crippen LogP contribution < -0.4 is 5.73 Å². The summed E-state index contributed by atoms with van der Waals surface area (Å²) in [7, 11) is 1.95. The third-order valence-electron chi connectivity index (χ3n) is 2.20. The summed E-state index contributed by atoms with van der Waals surface area (Å²) in [6.07, 6.45) is 1.23. The van der Waals surface area contributed by atoms with Crippen LogP contribution >= 0.6 is 0 Å². The Bertz CT molecular complexity index is 273. The standard InChI is InChI=1S/C10H18N2O2/c1-8-9(3-4-14-8)6-12(2)7-10(13)5-11/h3-4,10,13H,5-7,11H2,1-2H3. The van der Waals surface area contributed by atoms with Crippen molar-refractivity contribution in [3.05, 3.63) is 23.7 Å². The molecule has 80 valence electrons. The second kappa shape index (κ2) is 5.14. The number of furan rings is 1. The van der Waals surface area contributed by atoms with Crippen molar-refractivity contribution in [2.45, 2.75) is 19.6 Å². The average Bonchev–Trinajstić information content (AvgIpc) is 2.51. The highest BCUT2D eigenvalue weighted by molar-refractivity contribution is 5.14. The molecule has 0 aliphatic carbocycles. The predicted molar refractivity (Wildman–Crippen MR) is 54.8 cm³/mol. The highest BCUT2D eigenvalue weighted by Crippen LogP contribution is 2.10. The molecule has 0 radical (unpaired) electrons. The van der Waals surface area contributed by atoms with E-state index in [-0.39, 0.29) is 0 Å². The van der Waals surface area contributed by atoms with Crippen molar-refractivity contribution in [1.29, 1.82) is 0 Å². The fourth-order valence-electron chi connectivity index (χ4n) is 1.36. The van der Waals surface area contributed by atoms with Crippen LogP contribution in [0, 0.1) is 6.92 Å². The SMILES string of the molecule is Cc1occc1CN(C)CC(O)CN. The van der Waals surface area contributed by atoms with Gasteiger partial charge in [0.1, 0.15) is 5.76 Å². The van der Waals surface area contributed by atoms with Gasteiger partial charge in [-0.25, -0.2) is 0 Å². The molecule has 3 N–H and O–H groups in total. The van der Waals surface area contributed by atoms with Crippen LogP contribution in [-0.2, 0) is 6.54 Å². The number of nitrogens with two attached hydrogens (primary N) is 1. The number of likely N-dealkylation sites (N-methyl/N-ethyl adjacent to an activating group) is 1. The van der Waals surface area contributed by atoms with E-state index < -0.39 is 6.10 Å². The van der Waals surface area contributed by atoms with Crippen molar-refractivity contribution in [1.82, 2.24) is 4.90 Å². The summed E-state index contributed by atoms with van der Waals surface area (Å²) >= 11 is 0. The van der Waals surface area contributed by atoms with Gasteiger partial charge in [-0.15, -0.1) is 0 Å². The maximum Gasteiger partial charge on any atom is 0.105 e. The van der Waals surface area contributed by atoms with Gasteiger partial charge in [-0.3, -0.25) is 4.90 Å². The van der Waals surface area contributed by atoms with Gasteiger partial charge in [0.2, 0.25) is 0 Å². The van der Waals surface area contributed by atoms with Gasteiger partial charge in [0.25, 0.3) is 0 Å². The van der Waals surface area contributed by atoms with Crippen LogP contribution in [0.4, 0.5) is 0 Å². The van der Waals surface area contributed by atoms with E-state index in [1.54, 1.807) is 6.26 Å². The quantitative estimate of drug-likeness (QED) is 0.716. The van der Waals surface area contributed by atoms with E-state index in [2.05, 4.69) is 0 Å². The smallest absolute Gasteiger partial charge is 0.105 e. The largest absolute Gasteiger partial charge is 0.469 e. The van der Waals surface area contributed by atoms with Gasteiger partial charge in [0.05, 0.1) is 12.4 Å². The minimum absolute atomic E-state index is 0.300. The van der Waals surface area contributed by atoms with Gasteiger partial charge in [-0.1, -0.05) is 0 Å². The Labute approximate surface area is 84.3 Å². The van der Waals surface area contributed by atoms with Gasteiger partial charge in [-0.05, 0) is 20.0 Å². The molecule has 1 rings (SSSR count). The van der Waals surface area contributed by atoms with E-state index in [9.17, 15) is 5.11 Å². The van der Waals surface area contributed by atoms with Crippen LogP contribution in [0.3, 0.4) is 0 Å². The molecule has 0 spiro atoms. The number of aliphatic hydroxyl groups is 1. The lowest BCUT2D eigenvalue weighted by Gasteiger charge is -2.18. The Balaban J connectivity index is 2.41. The second-order valence-corrected chi connectivity index (χ2v) is 3.59. The molecule has 4 nitrogen and oxygen atoms in total. The molecule has 0 aliphatic heterocycles. The van der Waals surface area contributed by atoms with Crippen molar-refractivity contribution in [3.63, 3.8) is 0 Å². The molecule has 0 saturated carbocycles. The Morgan fingerprint density at radius 2 is 2.36 bits per heavy atom. The van der Waals surface area contributed by atoms with Crippen LogP contribution in [0.1, 0.15) is 11.3 Å². The third kappa shape index (κ3) is 3.14. The van der Waals surface area contributed by atoms with Gasteiger partial charge in [0.15, 0.2) is 0 Å². The Kier molecular flexibility index (Phi) is 4.13. The molecular weight excluding hydrogens is 180 g/mol. The summed E-state index contributed by atoms with van der Waals surface area (Å²) in [5.74, 6) is 0.930. The van der Waals surface area contributed by atoms with E-state index in [4.69, 9.17) is 10.2 Å². The number of aliphatic hydroxyl groups excluding tert-OH is 1. The van der Waals surface area contributed by atoms with Crippen LogP contribution in [0.5, 0.6) is 0 Å². The van der Waals surface area contributed by atoms with Gasteiger partial charge in [0, 0.05) is 25.2 Å². The lowest BCUT2D eigenvalue weighted by molar-refractivity contribution is 0.129. The van der Waals surface area contributed by atoms with E-state index >= 15 is 0 Å². The van der Waals surface area contributed by atoms with Crippen molar-refractivity contribution >= 4 is 0 Å². The molecule has 0 fully saturated rings. The van der Waals surface area contributed by atoms with Crippen LogP contribution in [0.15, 0.2) is 16.7 Å². The number of nitrogens with zero attached hydrogens (tertiary/aromatic N) is 1. The monoisotopic (exact) mass is 198 g/mol. The van der Waals surface area contributed by atoms with Crippen molar-refractivity contribution in [2.24, 2.45) is 5.73 Å². The topological polar surface area (TPSA) is 62.6 Å². The van der Waals surface area contributed by atoms with Crippen molar-refractivity contribution < 1.29 is 9.52 Å². The first-order chi connectivity index (χ1) is 6.63. The van der Waals surface area contributed by atoms with Gasteiger partial charge >= 0.3 is 0 Å². The fraction of sp³-hybridized carbons (Fsp3) is 0.600. The molecule has 1 atom stereocenters. The summed E-state index contributed by atoms with van der Waals surface area (Å²) in [6, 6.07) is 1.95. The molecule has 1 heterocycles. The summed E-state index contributed by atoms with van der Waals surface area (Å²) in [6.45, 7) is 3.59. The zero-order valence-corrected chi connectivity index (χ0v) is 8.73.